The van der Waals surface area contributed by atoms with Gasteiger partial charge in [-0.05, 0) is 0 Å². The molecule has 2 heterocycles. The molecule has 17 heavy (non-hydrogen) atoms. The molecule has 0 saturated heterocycles. The Kier molecular flexibility index (Phi) is 2.79. The van der Waals surface area contributed by atoms with Crippen LogP contribution < -0.4 is 16.6 Å². The van der Waals surface area contributed by atoms with E-state index in [0.29, 0.717) is 5.69 Å². The third kappa shape index (κ3) is 2.26. The molecule has 0 aromatic carbocycles. The van der Waals surface area contributed by atoms with E-state index in [1.807, 2.05) is 0 Å². The molecule has 0 aliphatic rings. The van der Waals surface area contributed by atoms with Crippen LogP contribution in [0, 0.1) is 0 Å². The molecule has 0 unspecified atom stereocenters. The summed E-state index contributed by atoms with van der Waals surface area (Å²) in [6.45, 7) is 1.50. The Balaban J connectivity index is 2.59. The van der Waals surface area contributed by atoms with Crippen LogP contribution in [0.25, 0.3) is 11.2 Å². The van der Waals surface area contributed by atoms with Gasteiger partial charge in [0.2, 0.25) is 11.9 Å². The molecule has 0 aliphatic carbocycles. The lowest BCUT2D eigenvalue weighted by molar-refractivity contribution is -0.114. The summed E-state index contributed by atoms with van der Waals surface area (Å²) < 4.78 is 0. The largest absolute Gasteiger partial charge is 0.325 e. The summed E-state index contributed by atoms with van der Waals surface area (Å²) in [5, 5.41) is 2.37. The van der Waals surface area contributed by atoms with Gasteiger partial charge in [0.1, 0.15) is 0 Å². The first-order valence-electron chi connectivity index (χ1n) is 4.83. The molecule has 2 rings (SSSR count). The number of aromatic amines is 1. The van der Waals surface area contributed by atoms with Gasteiger partial charge in [0.15, 0.2) is 11.2 Å². The highest BCUT2D eigenvalue weighted by atomic mass is 16.1. The van der Waals surface area contributed by atoms with Gasteiger partial charge in [-0.2, -0.15) is 4.98 Å². The van der Waals surface area contributed by atoms with Gasteiger partial charge in [0, 0.05) is 13.5 Å². The number of rotatable bonds is 2. The van der Waals surface area contributed by atoms with Gasteiger partial charge in [-0.15, -0.1) is 0 Å². The Morgan fingerprint density at radius 1 is 1.53 bits per heavy atom. The number of nitrogens with two attached hydrogens (primary N) is 1. The summed E-state index contributed by atoms with van der Waals surface area (Å²) in [6.07, 6.45) is 1.44. The minimum Gasteiger partial charge on any atom is -0.325 e. The molecule has 0 spiro atoms. The number of hydrogen-bond acceptors (Lipinski definition) is 6. The van der Waals surface area contributed by atoms with Crippen molar-refractivity contribution in [2.45, 2.75) is 13.5 Å². The van der Waals surface area contributed by atoms with Gasteiger partial charge in [0.05, 0.1) is 11.9 Å². The third-order valence-corrected chi connectivity index (χ3v) is 1.97. The Bertz CT molecular complexity index is 635. The van der Waals surface area contributed by atoms with Crippen molar-refractivity contribution >= 4 is 23.0 Å². The maximum absolute atomic E-state index is 11.7. The van der Waals surface area contributed by atoms with Crippen molar-refractivity contribution in [1.82, 2.24) is 19.9 Å². The maximum atomic E-state index is 11.7. The standard InChI is InChI=1S/C9H10N6O2/c1-4(16)12-9-14-7-6(8(17)15-9)13-5(2-10)3-11-7/h3H,2,10H2,1H3,(H2,11,12,14,15,16,17). The van der Waals surface area contributed by atoms with Gasteiger partial charge < -0.3 is 5.73 Å². The molecule has 1 amide bonds. The Hall–Kier alpha value is -2.35. The molecular weight excluding hydrogens is 224 g/mol. The number of nitrogens with zero attached hydrogens (tertiary/aromatic N) is 3. The normalized spacial score (nSPS) is 10.5. The van der Waals surface area contributed by atoms with Crippen molar-refractivity contribution in [1.29, 1.82) is 0 Å². The van der Waals surface area contributed by atoms with Gasteiger partial charge in [-0.1, -0.05) is 0 Å². The fourth-order valence-electron chi connectivity index (χ4n) is 1.28. The van der Waals surface area contributed by atoms with Crippen molar-refractivity contribution < 1.29 is 4.79 Å². The zero-order chi connectivity index (χ0) is 12.4. The van der Waals surface area contributed by atoms with Gasteiger partial charge in [0.25, 0.3) is 5.56 Å². The highest BCUT2D eigenvalue weighted by molar-refractivity contribution is 5.87. The van der Waals surface area contributed by atoms with E-state index in [4.69, 9.17) is 5.73 Å². The lowest BCUT2D eigenvalue weighted by Crippen LogP contribution is -2.18. The zero-order valence-electron chi connectivity index (χ0n) is 9.02. The molecule has 0 radical (unpaired) electrons. The molecule has 0 atom stereocenters. The number of amides is 1. The van der Waals surface area contributed by atoms with E-state index in [0.717, 1.165) is 0 Å². The van der Waals surface area contributed by atoms with Crippen molar-refractivity contribution in [3.63, 3.8) is 0 Å². The van der Waals surface area contributed by atoms with Crippen LogP contribution in [0.15, 0.2) is 11.0 Å². The summed E-state index contributed by atoms with van der Waals surface area (Å²) >= 11 is 0. The maximum Gasteiger partial charge on any atom is 0.280 e. The molecule has 8 nitrogen and oxygen atoms in total. The van der Waals surface area contributed by atoms with Crippen molar-refractivity contribution in [2.75, 3.05) is 5.32 Å². The number of aromatic nitrogens is 4. The van der Waals surface area contributed by atoms with Crippen LogP contribution in [0.1, 0.15) is 12.6 Å². The molecule has 0 bridgehead atoms. The summed E-state index contributed by atoms with van der Waals surface area (Å²) in [6, 6.07) is 0. The van der Waals surface area contributed by atoms with Gasteiger partial charge >= 0.3 is 0 Å². The lowest BCUT2D eigenvalue weighted by Gasteiger charge is -2.02. The quantitative estimate of drug-likeness (QED) is 0.620. The molecule has 0 aliphatic heterocycles. The summed E-state index contributed by atoms with van der Waals surface area (Å²) in [5.41, 5.74) is 5.68. The number of hydrogen-bond donors (Lipinski definition) is 3. The van der Waals surface area contributed by atoms with Gasteiger partial charge in [-0.25, -0.2) is 9.97 Å². The third-order valence-electron chi connectivity index (χ3n) is 1.97. The van der Waals surface area contributed by atoms with Crippen molar-refractivity contribution in [3.05, 3.63) is 22.2 Å². The topological polar surface area (TPSA) is 127 Å². The van der Waals surface area contributed by atoms with E-state index in [2.05, 4.69) is 25.3 Å². The molecule has 4 N–H and O–H groups in total. The fraction of sp³-hybridized carbons (Fsp3) is 0.222. The number of anilines is 1. The molecule has 2 aromatic rings. The molecule has 2 aromatic heterocycles. The minimum atomic E-state index is -0.471. The molecular formula is C9H10N6O2. The second-order valence-corrected chi connectivity index (χ2v) is 3.33. The van der Waals surface area contributed by atoms with E-state index >= 15 is 0 Å². The average Bonchev–Trinajstić information content (AvgIpc) is 2.28. The molecule has 0 fully saturated rings. The summed E-state index contributed by atoms with van der Waals surface area (Å²) in [4.78, 5) is 36.8. The van der Waals surface area contributed by atoms with E-state index < -0.39 is 5.56 Å². The van der Waals surface area contributed by atoms with E-state index in [1.54, 1.807) is 0 Å². The van der Waals surface area contributed by atoms with Crippen molar-refractivity contribution in [3.8, 4) is 0 Å². The van der Waals surface area contributed by atoms with E-state index in [1.165, 1.54) is 13.1 Å². The number of nitrogens with one attached hydrogen (secondary N) is 2. The SMILES string of the molecule is CC(=O)Nc1nc2ncc(CN)nc2c(=O)[nH]1. The number of carbonyl (C=O) groups is 1. The molecule has 0 saturated carbocycles. The second kappa shape index (κ2) is 4.26. The minimum absolute atomic E-state index is 0.0461. The number of H-pyrrole nitrogens is 1. The fourth-order valence-corrected chi connectivity index (χ4v) is 1.28. The summed E-state index contributed by atoms with van der Waals surface area (Å²) in [7, 11) is 0. The Morgan fingerprint density at radius 3 is 2.94 bits per heavy atom. The van der Waals surface area contributed by atoms with Gasteiger partial charge in [-0.3, -0.25) is 19.9 Å². The first-order chi connectivity index (χ1) is 8.10. The van der Waals surface area contributed by atoms with Crippen molar-refractivity contribution in [2.24, 2.45) is 5.73 Å². The zero-order valence-corrected chi connectivity index (χ0v) is 9.02. The van der Waals surface area contributed by atoms with Crippen LogP contribution in [0.2, 0.25) is 0 Å². The second-order valence-electron chi connectivity index (χ2n) is 3.33. The summed E-state index contributed by atoms with van der Waals surface area (Å²) in [5.74, 6) is -0.288. The monoisotopic (exact) mass is 234 g/mol. The lowest BCUT2D eigenvalue weighted by atomic mass is 10.4. The van der Waals surface area contributed by atoms with Crippen LogP contribution in [-0.2, 0) is 11.3 Å². The van der Waals surface area contributed by atoms with Crippen LogP contribution in [0.5, 0.6) is 0 Å². The first-order valence-corrected chi connectivity index (χ1v) is 4.83. The van der Waals surface area contributed by atoms with Crippen LogP contribution in [-0.4, -0.2) is 25.8 Å². The number of fused-ring (bicyclic) bond motifs is 1. The molecule has 88 valence electrons. The Morgan fingerprint density at radius 2 is 2.29 bits per heavy atom. The predicted molar refractivity (Wildman–Crippen MR) is 60.1 cm³/mol. The average molecular weight is 234 g/mol. The highest BCUT2D eigenvalue weighted by Gasteiger charge is 2.07. The smallest absolute Gasteiger partial charge is 0.280 e. The predicted octanol–water partition coefficient (Wildman–Crippen LogP) is -0.870. The van der Waals surface area contributed by atoms with Crippen LogP contribution >= 0.6 is 0 Å². The van der Waals surface area contributed by atoms with Crippen LogP contribution in [0.4, 0.5) is 5.95 Å². The highest BCUT2D eigenvalue weighted by Crippen LogP contribution is 2.04. The number of carbonyl (C=O) groups excluding carboxylic acids is 1. The first kappa shape index (κ1) is 11.1. The van der Waals surface area contributed by atoms with E-state index in [9.17, 15) is 9.59 Å². The molecule has 8 heteroatoms. The Labute approximate surface area is 95.3 Å². The van der Waals surface area contributed by atoms with Crippen LogP contribution in [0.3, 0.4) is 0 Å². The van der Waals surface area contributed by atoms with E-state index in [-0.39, 0.29) is 29.6 Å².